The van der Waals surface area contributed by atoms with Gasteiger partial charge in [0.05, 0.1) is 6.54 Å². The molecule has 2 aromatic rings. The Balaban J connectivity index is 0.00000242. The monoisotopic (exact) mass is 413 g/mol. The summed E-state index contributed by atoms with van der Waals surface area (Å²) in [6, 6.07) is 15.3. The summed E-state index contributed by atoms with van der Waals surface area (Å²) in [5.41, 5.74) is 8.49. The normalized spacial score (nSPS) is 10.9. The van der Waals surface area contributed by atoms with E-state index >= 15 is 0 Å². The van der Waals surface area contributed by atoms with E-state index in [4.69, 9.17) is 5.73 Å². The summed E-state index contributed by atoms with van der Waals surface area (Å²) in [6.45, 7) is 2.84. The number of benzene rings is 2. The van der Waals surface area contributed by atoms with Crippen LogP contribution in [0.1, 0.15) is 16.7 Å². The van der Waals surface area contributed by atoms with Crippen molar-refractivity contribution in [3.63, 3.8) is 0 Å². The molecule has 2 rings (SSSR count). The summed E-state index contributed by atoms with van der Waals surface area (Å²) in [4.78, 5) is 4.21. The smallest absolute Gasteiger partial charge is 0.188 e. The zero-order valence-electron chi connectivity index (χ0n) is 12.6. The number of hydrogen-bond acceptors (Lipinski definition) is 1. The first-order valence-electron chi connectivity index (χ1n) is 6.98. The lowest BCUT2D eigenvalue weighted by Crippen LogP contribution is -2.33. The van der Waals surface area contributed by atoms with Gasteiger partial charge in [-0.2, -0.15) is 0 Å². The Hall–Kier alpha value is -1.63. The fourth-order valence-electron chi connectivity index (χ4n) is 1.95. The van der Waals surface area contributed by atoms with Gasteiger partial charge in [-0.15, -0.1) is 24.0 Å². The lowest BCUT2D eigenvalue weighted by atomic mass is 10.1. The number of guanidine groups is 1. The summed E-state index contributed by atoms with van der Waals surface area (Å²) in [6.07, 6.45) is 0.885. The van der Waals surface area contributed by atoms with E-state index in [-0.39, 0.29) is 29.8 Å². The predicted molar refractivity (Wildman–Crippen MR) is 100 cm³/mol. The summed E-state index contributed by atoms with van der Waals surface area (Å²) in [7, 11) is 0. The van der Waals surface area contributed by atoms with Crippen molar-refractivity contribution in [2.24, 2.45) is 10.7 Å². The molecule has 0 aliphatic heterocycles. The summed E-state index contributed by atoms with van der Waals surface area (Å²) < 4.78 is 13.4. The second-order valence-corrected chi connectivity index (χ2v) is 4.95. The van der Waals surface area contributed by atoms with Crippen LogP contribution in [0.2, 0.25) is 0 Å². The minimum Gasteiger partial charge on any atom is -0.370 e. The number of nitrogens with zero attached hydrogens (tertiary/aromatic N) is 1. The molecule has 0 radical (unpaired) electrons. The quantitative estimate of drug-likeness (QED) is 0.449. The molecule has 0 fully saturated rings. The highest BCUT2D eigenvalue weighted by atomic mass is 127. The van der Waals surface area contributed by atoms with Crippen molar-refractivity contribution in [1.82, 2.24) is 5.32 Å². The van der Waals surface area contributed by atoms with Gasteiger partial charge >= 0.3 is 0 Å². The van der Waals surface area contributed by atoms with Crippen LogP contribution < -0.4 is 11.1 Å². The molecule has 0 aliphatic rings. The van der Waals surface area contributed by atoms with Crippen LogP contribution >= 0.6 is 24.0 Å². The van der Waals surface area contributed by atoms with Gasteiger partial charge in [-0.05, 0) is 36.1 Å². The maximum Gasteiger partial charge on any atom is 0.188 e. The minimum absolute atomic E-state index is 0. The maximum atomic E-state index is 13.4. The third kappa shape index (κ3) is 6.01. The standard InChI is InChI=1S/C17H20FN3.HI/c1-13-7-8-15(11-16(13)18)12-21-17(19)20-10-9-14-5-3-2-4-6-14;/h2-8,11H,9-10,12H2,1H3,(H3,19,20,21);1H. The molecule has 0 saturated heterocycles. The highest BCUT2D eigenvalue weighted by Crippen LogP contribution is 2.09. The van der Waals surface area contributed by atoms with Crippen LogP contribution in [0.5, 0.6) is 0 Å². The van der Waals surface area contributed by atoms with E-state index in [9.17, 15) is 4.39 Å². The van der Waals surface area contributed by atoms with Crippen LogP contribution in [0.25, 0.3) is 0 Å². The summed E-state index contributed by atoms with van der Waals surface area (Å²) in [5.74, 6) is 0.172. The number of aliphatic imine (C=N–C) groups is 1. The van der Waals surface area contributed by atoms with Gasteiger partial charge in [-0.25, -0.2) is 9.38 Å². The van der Waals surface area contributed by atoms with Crippen molar-refractivity contribution in [1.29, 1.82) is 0 Å². The molecule has 0 atom stereocenters. The van der Waals surface area contributed by atoms with Crippen molar-refractivity contribution >= 4 is 29.9 Å². The third-order valence-electron chi connectivity index (χ3n) is 3.23. The Labute approximate surface area is 147 Å². The number of nitrogens with one attached hydrogen (secondary N) is 1. The Morgan fingerprint density at radius 2 is 1.86 bits per heavy atom. The van der Waals surface area contributed by atoms with Crippen molar-refractivity contribution in [2.45, 2.75) is 19.9 Å². The van der Waals surface area contributed by atoms with Gasteiger partial charge in [-0.3, -0.25) is 0 Å². The molecule has 0 saturated carbocycles. The van der Waals surface area contributed by atoms with E-state index in [2.05, 4.69) is 22.4 Å². The van der Waals surface area contributed by atoms with Crippen LogP contribution in [0.4, 0.5) is 4.39 Å². The largest absolute Gasteiger partial charge is 0.370 e. The van der Waals surface area contributed by atoms with Gasteiger partial charge in [-0.1, -0.05) is 42.5 Å². The van der Waals surface area contributed by atoms with Gasteiger partial charge < -0.3 is 11.1 Å². The van der Waals surface area contributed by atoms with Crippen molar-refractivity contribution in [3.05, 3.63) is 71.0 Å². The molecule has 0 amide bonds. The molecule has 0 spiro atoms. The second kappa shape index (κ2) is 9.40. The van der Waals surface area contributed by atoms with E-state index in [1.54, 1.807) is 13.0 Å². The number of nitrogens with two attached hydrogens (primary N) is 1. The van der Waals surface area contributed by atoms with Gasteiger partial charge in [0, 0.05) is 6.54 Å². The molecule has 0 unspecified atom stereocenters. The average molecular weight is 413 g/mol. The molecule has 0 bridgehead atoms. The third-order valence-corrected chi connectivity index (χ3v) is 3.23. The number of halogens is 2. The molecule has 3 nitrogen and oxygen atoms in total. The van der Waals surface area contributed by atoms with Crippen molar-refractivity contribution in [3.8, 4) is 0 Å². The molecular formula is C17H21FIN3. The van der Waals surface area contributed by atoms with Crippen LogP contribution in [0, 0.1) is 12.7 Å². The van der Waals surface area contributed by atoms with Crippen LogP contribution in [0.15, 0.2) is 53.5 Å². The first-order valence-corrected chi connectivity index (χ1v) is 6.98. The van der Waals surface area contributed by atoms with E-state index in [0.717, 1.165) is 18.5 Å². The van der Waals surface area contributed by atoms with Crippen LogP contribution in [-0.4, -0.2) is 12.5 Å². The molecule has 3 N–H and O–H groups in total. The highest BCUT2D eigenvalue weighted by molar-refractivity contribution is 14.0. The Kier molecular flexibility index (Phi) is 7.87. The van der Waals surface area contributed by atoms with Crippen LogP contribution in [0.3, 0.4) is 0 Å². The fraction of sp³-hybridized carbons (Fsp3) is 0.235. The Morgan fingerprint density at radius 3 is 2.55 bits per heavy atom. The van der Waals surface area contributed by atoms with E-state index in [0.29, 0.717) is 18.1 Å². The lowest BCUT2D eigenvalue weighted by Gasteiger charge is -2.06. The van der Waals surface area contributed by atoms with Crippen molar-refractivity contribution in [2.75, 3.05) is 6.54 Å². The SMILES string of the molecule is Cc1ccc(CN=C(N)NCCc2ccccc2)cc1F.I. The Morgan fingerprint density at radius 1 is 1.14 bits per heavy atom. The molecule has 0 heterocycles. The molecule has 22 heavy (non-hydrogen) atoms. The van der Waals surface area contributed by atoms with Crippen LogP contribution in [-0.2, 0) is 13.0 Å². The predicted octanol–water partition coefficient (Wildman–Crippen LogP) is 3.40. The molecule has 0 aromatic heterocycles. The molecule has 0 aliphatic carbocycles. The zero-order valence-corrected chi connectivity index (χ0v) is 14.9. The van der Waals surface area contributed by atoms with Gasteiger partial charge in [0.2, 0.25) is 0 Å². The van der Waals surface area contributed by atoms with Gasteiger partial charge in [0.15, 0.2) is 5.96 Å². The topological polar surface area (TPSA) is 50.4 Å². The van der Waals surface area contributed by atoms with E-state index in [1.165, 1.54) is 11.6 Å². The van der Waals surface area contributed by atoms with E-state index in [1.807, 2.05) is 24.3 Å². The molecule has 2 aromatic carbocycles. The first kappa shape index (κ1) is 18.4. The van der Waals surface area contributed by atoms with Crippen molar-refractivity contribution < 1.29 is 4.39 Å². The number of hydrogen-bond donors (Lipinski definition) is 2. The minimum atomic E-state index is -0.210. The Bertz CT molecular complexity index is 615. The number of aryl methyl sites for hydroxylation is 1. The van der Waals surface area contributed by atoms with E-state index < -0.39 is 0 Å². The maximum absolute atomic E-state index is 13.4. The molecule has 5 heteroatoms. The lowest BCUT2D eigenvalue weighted by molar-refractivity contribution is 0.616. The average Bonchev–Trinajstić information content (AvgIpc) is 2.49. The fourth-order valence-corrected chi connectivity index (χ4v) is 1.95. The second-order valence-electron chi connectivity index (χ2n) is 4.95. The zero-order chi connectivity index (χ0) is 15.1. The van der Waals surface area contributed by atoms with Gasteiger partial charge in [0.1, 0.15) is 5.82 Å². The first-order chi connectivity index (χ1) is 10.1. The molecule has 118 valence electrons. The summed E-state index contributed by atoms with van der Waals surface area (Å²) in [5, 5.41) is 3.06. The summed E-state index contributed by atoms with van der Waals surface area (Å²) >= 11 is 0. The molecular weight excluding hydrogens is 392 g/mol. The number of rotatable bonds is 5. The highest BCUT2D eigenvalue weighted by Gasteiger charge is 1.99. The van der Waals surface area contributed by atoms with Gasteiger partial charge in [0.25, 0.3) is 0 Å².